The minimum absolute atomic E-state index is 0.0676. The molecule has 1 atom stereocenters. The van der Waals surface area contributed by atoms with Gasteiger partial charge < -0.3 is 15.7 Å². The molecule has 0 radical (unpaired) electrons. The van der Waals surface area contributed by atoms with E-state index in [9.17, 15) is 24.3 Å². The number of pyridine rings is 1. The number of aromatic nitrogens is 1. The zero-order valence-corrected chi connectivity index (χ0v) is 22.4. The summed E-state index contributed by atoms with van der Waals surface area (Å²) in [5.74, 6) is -1.12. The number of likely N-dealkylation sites (tertiary alicyclic amines) is 2. The first-order valence-corrected chi connectivity index (χ1v) is 13.0. The van der Waals surface area contributed by atoms with Crippen LogP contribution < -0.4 is 10.6 Å². The second kappa shape index (κ2) is 11.2. The van der Waals surface area contributed by atoms with Crippen molar-refractivity contribution in [3.05, 3.63) is 58.4 Å². The quantitative estimate of drug-likeness (QED) is 0.326. The smallest absolute Gasteiger partial charge is 0.253 e. The van der Waals surface area contributed by atoms with Crippen LogP contribution in [0.2, 0.25) is 5.15 Å². The first-order chi connectivity index (χ1) is 18.1. The van der Waals surface area contributed by atoms with Crippen LogP contribution in [0.5, 0.6) is 0 Å². The van der Waals surface area contributed by atoms with Crippen molar-refractivity contribution in [2.45, 2.75) is 44.1 Å². The number of hydrogen-bond acceptors (Lipinski definition) is 7. The Morgan fingerprint density at radius 1 is 1.13 bits per heavy atom. The lowest BCUT2D eigenvalue weighted by atomic mass is 9.69. The van der Waals surface area contributed by atoms with E-state index in [1.165, 1.54) is 19.3 Å². The van der Waals surface area contributed by atoms with Gasteiger partial charge >= 0.3 is 0 Å². The van der Waals surface area contributed by atoms with E-state index in [0.717, 1.165) is 16.0 Å². The highest BCUT2D eigenvalue weighted by Crippen LogP contribution is 2.40. The second-order valence-electron chi connectivity index (χ2n) is 10.1. The van der Waals surface area contributed by atoms with Crippen LogP contribution in [0.4, 0.5) is 5.69 Å². The molecule has 10 nitrogen and oxygen atoms in total. The Morgan fingerprint density at radius 3 is 2.42 bits per heavy atom. The van der Waals surface area contributed by atoms with Crippen molar-refractivity contribution in [2.24, 2.45) is 0 Å². The fourth-order valence-electron chi connectivity index (χ4n) is 5.21. The summed E-state index contributed by atoms with van der Waals surface area (Å²) in [5, 5.41) is 16.2. The molecule has 4 rings (SSSR count). The molecule has 2 aliphatic heterocycles. The molecule has 3 N–H and O–H groups in total. The zero-order valence-electron chi connectivity index (χ0n) is 21.7. The molecular weight excluding hydrogens is 510 g/mol. The average molecular weight is 542 g/mol. The molecule has 202 valence electrons. The van der Waals surface area contributed by atoms with Gasteiger partial charge in [0.05, 0.1) is 35.5 Å². The average Bonchev–Trinajstić information content (AvgIpc) is 3.18. The molecule has 0 saturated carbocycles. The van der Waals surface area contributed by atoms with Crippen LogP contribution in [-0.4, -0.2) is 82.8 Å². The molecule has 11 heteroatoms. The monoisotopic (exact) mass is 541 g/mol. The normalized spacial score (nSPS) is 17.9. The fourth-order valence-corrected chi connectivity index (χ4v) is 5.36. The van der Waals surface area contributed by atoms with Gasteiger partial charge in [-0.1, -0.05) is 49.7 Å². The van der Waals surface area contributed by atoms with E-state index in [4.69, 9.17) is 11.6 Å². The summed E-state index contributed by atoms with van der Waals surface area (Å²) in [6.07, 6.45) is 0.754. The van der Waals surface area contributed by atoms with E-state index in [1.54, 1.807) is 0 Å². The zero-order chi connectivity index (χ0) is 27.6. The number of nitrogens with one attached hydrogen (secondary N) is 2. The van der Waals surface area contributed by atoms with E-state index >= 15 is 0 Å². The van der Waals surface area contributed by atoms with Gasteiger partial charge in [0.25, 0.3) is 5.91 Å². The van der Waals surface area contributed by atoms with Crippen LogP contribution in [0.15, 0.2) is 36.5 Å². The molecule has 0 aliphatic carbocycles. The summed E-state index contributed by atoms with van der Waals surface area (Å²) >= 11 is 6.00. The summed E-state index contributed by atoms with van der Waals surface area (Å²) in [4.78, 5) is 57.3. The SMILES string of the molecule is CNC(=O)c1cc(Cl)ncc1NC(=O)C1(c2ccccc2C(C)C)CN(CC(O)CN2C(=O)CCC2=O)C1. The first-order valence-electron chi connectivity index (χ1n) is 12.6. The van der Waals surface area contributed by atoms with E-state index in [1.807, 2.05) is 29.2 Å². The number of hydrogen-bond donors (Lipinski definition) is 3. The summed E-state index contributed by atoms with van der Waals surface area (Å²) in [7, 11) is 1.49. The van der Waals surface area contributed by atoms with Gasteiger partial charge in [0.2, 0.25) is 17.7 Å². The number of amides is 4. The van der Waals surface area contributed by atoms with Crippen molar-refractivity contribution in [2.75, 3.05) is 38.5 Å². The number of carbonyl (C=O) groups excluding carboxylic acids is 4. The molecule has 1 unspecified atom stereocenters. The molecule has 38 heavy (non-hydrogen) atoms. The predicted octanol–water partition coefficient (Wildman–Crippen LogP) is 1.92. The van der Waals surface area contributed by atoms with Gasteiger partial charge in [-0.15, -0.1) is 0 Å². The van der Waals surface area contributed by atoms with Crippen LogP contribution in [0, 0.1) is 0 Å². The van der Waals surface area contributed by atoms with Crippen molar-refractivity contribution in [3.8, 4) is 0 Å². The maximum Gasteiger partial charge on any atom is 0.253 e. The summed E-state index contributed by atoms with van der Waals surface area (Å²) in [5.41, 5.74) is 1.37. The van der Waals surface area contributed by atoms with Gasteiger partial charge in [-0.2, -0.15) is 0 Å². The number of benzene rings is 1. The fraction of sp³-hybridized carbons (Fsp3) is 0.444. The third-order valence-corrected chi connectivity index (χ3v) is 7.33. The molecule has 4 amide bonds. The van der Waals surface area contributed by atoms with Crippen molar-refractivity contribution < 1.29 is 24.3 Å². The van der Waals surface area contributed by atoms with Gasteiger partial charge in [-0.3, -0.25) is 29.0 Å². The largest absolute Gasteiger partial charge is 0.390 e. The topological polar surface area (TPSA) is 132 Å². The highest BCUT2D eigenvalue weighted by atomic mass is 35.5. The number of halogens is 1. The van der Waals surface area contributed by atoms with Crippen LogP contribution in [-0.2, 0) is 19.8 Å². The summed E-state index contributed by atoms with van der Waals surface area (Å²) in [6.45, 7) is 4.85. The van der Waals surface area contributed by atoms with Crippen molar-refractivity contribution in [1.82, 2.24) is 20.1 Å². The number of imide groups is 1. The van der Waals surface area contributed by atoms with Gasteiger partial charge in [0.15, 0.2) is 0 Å². The summed E-state index contributed by atoms with van der Waals surface area (Å²) < 4.78 is 0. The first kappa shape index (κ1) is 27.7. The minimum Gasteiger partial charge on any atom is -0.390 e. The third kappa shape index (κ3) is 5.43. The molecule has 1 aromatic heterocycles. The Labute approximate surface area is 226 Å². The van der Waals surface area contributed by atoms with Crippen LogP contribution in [0.1, 0.15) is 54.1 Å². The lowest BCUT2D eigenvalue weighted by molar-refractivity contribution is -0.140. The van der Waals surface area contributed by atoms with Crippen LogP contribution >= 0.6 is 11.6 Å². The Hall–Kier alpha value is -3.34. The maximum atomic E-state index is 13.9. The number of rotatable bonds is 9. The lowest BCUT2D eigenvalue weighted by Gasteiger charge is -2.50. The molecule has 3 heterocycles. The van der Waals surface area contributed by atoms with Crippen LogP contribution in [0.3, 0.4) is 0 Å². The van der Waals surface area contributed by atoms with Gasteiger partial charge in [-0.25, -0.2) is 4.98 Å². The number of β-amino-alcohol motifs (C(OH)–C–C–N with tert-alkyl or cyclic N) is 1. The second-order valence-corrected chi connectivity index (χ2v) is 10.5. The standard InChI is InChI=1S/C27H32ClN5O5/c1-16(2)18-6-4-5-7-20(18)27(26(38)31-21-11-30-22(28)10-19(21)25(37)29-3)14-32(15-27)12-17(34)13-33-23(35)8-9-24(33)36/h4-7,10-11,16-17,34H,8-9,12-15H2,1-3H3,(H,29,37)(H,31,38). The Balaban J connectivity index is 1.59. The van der Waals surface area contributed by atoms with Gasteiger partial charge in [-0.05, 0) is 23.1 Å². The number of anilines is 1. The number of aliphatic hydroxyl groups excluding tert-OH is 1. The Bertz CT molecular complexity index is 1240. The molecule has 0 bridgehead atoms. The van der Waals surface area contributed by atoms with Gasteiger partial charge in [0.1, 0.15) is 5.15 Å². The summed E-state index contributed by atoms with van der Waals surface area (Å²) in [6, 6.07) is 9.15. The van der Waals surface area contributed by atoms with Crippen molar-refractivity contribution >= 4 is 40.9 Å². The van der Waals surface area contributed by atoms with Crippen molar-refractivity contribution in [1.29, 1.82) is 0 Å². The van der Waals surface area contributed by atoms with E-state index in [-0.39, 0.29) is 66.0 Å². The van der Waals surface area contributed by atoms with Gasteiger partial charge in [0, 0.05) is 39.5 Å². The Morgan fingerprint density at radius 2 is 1.79 bits per heavy atom. The highest BCUT2D eigenvalue weighted by molar-refractivity contribution is 6.30. The predicted molar refractivity (Wildman–Crippen MR) is 142 cm³/mol. The number of nitrogens with zero attached hydrogens (tertiary/aromatic N) is 3. The maximum absolute atomic E-state index is 13.9. The molecule has 1 aromatic carbocycles. The highest BCUT2D eigenvalue weighted by Gasteiger charge is 2.52. The number of aliphatic hydroxyl groups is 1. The van der Waals surface area contributed by atoms with Crippen molar-refractivity contribution in [3.63, 3.8) is 0 Å². The molecule has 2 aromatic rings. The number of carbonyl (C=O) groups is 4. The third-order valence-electron chi connectivity index (χ3n) is 7.13. The Kier molecular flexibility index (Phi) is 8.15. The minimum atomic E-state index is -0.959. The lowest BCUT2D eigenvalue weighted by Crippen LogP contribution is -2.66. The van der Waals surface area contributed by atoms with E-state index < -0.39 is 17.4 Å². The molecule has 0 spiro atoms. The van der Waals surface area contributed by atoms with Crippen LogP contribution in [0.25, 0.3) is 0 Å². The molecular formula is C27H32ClN5O5. The molecule has 2 aliphatic rings. The molecule has 2 saturated heterocycles. The van der Waals surface area contributed by atoms with E-state index in [2.05, 4.69) is 29.5 Å². The van der Waals surface area contributed by atoms with E-state index in [0.29, 0.717) is 13.1 Å². The molecule has 2 fully saturated rings.